The van der Waals surface area contributed by atoms with Gasteiger partial charge < -0.3 is 10.2 Å². The van der Waals surface area contributed by atoms with Crippen molar-refractivity contribution in [3.8, 4) is 0 Å². The fraction of sp³-hybridized carbons (Fsp3) is 0.316. The van der Waals surface area contributed by atoms with Gasteiger partial charge in [0.1, 0.15) is 0 Å². The van der Waals surface area contributed by atoms with E-state index in [9.17, 15) is 14.9 Å². The van der Waals surface area contributed by atoms with Gasteiger partial charge in [-0.15, -0.1) is 0 Å². The molecule has 1 aliphatic rings. The van der Waals surface area contributed by atoms with Gasteiger partial charge in [0.2, 0.25) is 0 Å². The van der Waals surface area contributed by atoms with E-state index >= 15 is 0 Å². The molecule has 1 heterocycles. The fourth-order valence-electron chi connectivity index (χ4n) is 3.25. The Bertz CT molecular complexity index is 798. The maximum Gasteiger partial charge on any atom is 0.273 e. The predicted molar refractivity (Wildman–Crippen MR) is 98.3 cm³/mol. The van der Waals surface area contributed by atoms with Crippen molar-refractivity contribution in [2.24, 2.45) is 0 Å². The summed E-state index contributed by atoms with van der Waals surface area (Å²) < 4.78 is 0. The van der Waals surface area contributed by atoms with E-state index in [1.54, 1.807) is 13.0 Å². The maximum atomic E-state index is 12.7. The first-order chi connectivity index (χ1) is 12.1. The van der Waals surface area contributed by atoms with E-state index in [4.69, 9.17) is 0 Å². The number of nitro groups is 1. The van der Waals surface area contributed by atoms with E-state index in [1.807, 2.05) is 24.3 Å². The summed E-state index contributed by atoms with van der Waals surface area (Å²) in [6.45, 7) is 3.55. The number of carbonyl (C=O) groups is 1. The smallest absolute Gasteiger partial charge is 0.273 e. The van der Waals surface area contributed by atoms with Gasteiger partial charge in [-0.25, -0.2) is 0 Å². The van der Waals surface area contributed by atoms with E-state index < -0.39 is 4.92 Å². The molecule has 0 radical (unpaired) electrons. The van der Waals surface area contributed by atoms with E-state index in [1.165, 1.54) is 18.6 Å². The molecule has 0 unspecified atom stereocenters. The quantitative estimate of drug-likeness (QED) is 0.671. The number of hydrogen-bond donors (Lipinski definition) is 1. The van der Waals surface area contributed by atoms with Crippen molar-refractivity contribution in [3.05, 3.63) is 63.7 Å². The molecule has 0 spiro atoms. The summed E-state index contributed by atoms with van der Waals surface area (Å²) in [5, 5.41) is 14.0. The molecule has 0 bridgehead atoms. The average Bonchev–Trinajstić information content (AvgIpc) is 2.62. The molecular weight excluding hydrogens is 318 g/mol. The van der Waals surface area contributed by atoms with Crippen LogP contribution < -0.4 is 10.2 Å². The number of hydrogen-bond acceptors (Lipinski definition) is 4. The van der Waals surface area contributed by atoms with Gasteiger partial charge in [0.05, 0.1) is 16.3 Å². The molecule has 0 atom stereocenters. The molecule has 3 rings (SSSR count). The third-order valence-electron chi connectivity index (χ3n) is 4.60. The molecular formula is C19H21N3O3. The lowest BCUT2D eigenvalue weighted by molar-refractivity contribution is -0.385. The third kappa shape index (κ3) is 3.63. The Morgan fingerprint density at radius 1 is 1.08 bits per heavy atom. The molecule has 0 saturated carbocycles. The molecule has 25 heavy (non-hydrogen) atoms. The Hall–Kier alpha value is -2.89. The second kappa shape index (κ2) is 7.34. The summed E-state index contributed by atoms with van der Waals surface area (Å²) in [7, 11) is 0. The van der Waals surface area contributed by atoms with Gasteiger partial charge in [-0.2, -0.15) is 0 Å². The number of rotatable bonds is 4. The Kier molecular flexibility index (Phi) is 4.97. The Morgan fingerprint density at radius 2 is 1.80 bits per heavy atom. The van der Waals surface area contributed by atoms with Crippen molar-refractivity contribution in [2.75, 3.05) is 23.3 Å². The van der Waals surface area contributed by atoms with Crippen LogP contribution >= 0.6 is 0 Å². The van der Waals surface area contributed by atoms with Gasteiger partial charge in [-0.1, -0.05) is 18.2 Å². The van der Waals surface area contributed by atoms with Crippen LogP contribution in [0.4, 0.5) is 17.1 Å². The van der Waals surface area contributed by atoms with Crippen LogP contribution in [-0.2, 0) is 0 Å². The highest BCUT2D eigenvalue weighted by atomic mass is 16.6. The van der Waals surface area contributed by atoms with Crippen molar-refractivity contribution in [1.82, 2.24) is 0 Å². The topological polar surface area (TPSA) is 75.5 Å². The first kappa shape index (κ1) is 17.0. The minimum absolute atomic E-state index is 0.0445. The molecule has 2 aromatic rings. The molecule has 0 aliphatic carbocycles. The van der Waals surface area contributed by atoms with Gasteiger partial charge in [0.15, 0.2) is 0 Å². The lowest BCUT2D eigenvalue weighted by Gasteiger charge is -2.30. The number of anilines is 2. The lowest BCUT2D eigenvalue weighted by atomic mass is 10.1. The van der Waals surface area contributed by atoms with Crippen LogP contribution in [-0.4, -0.2) is 23.9 Å². The number of nitrogens with one attached hydrogen (secondary N) is 1. The zero-order valence-corrected chi connectivity index (χ0v) is 14.2. The van der Waals surface area contributed by atoms with E-state index in [-0.39, 0.29) is 11.6 Å². The molecule has 1 aliphatic heterocycles. The van der Waals surface area contributed by atoms with Crippen LogP contribution in [0.25, 0.3) is 0 Å². The van der Waals surface area contributed by atoms with Gasteiger partial charge in [-0.3, -0.25) is 14.9 Å². The predicted octanol–water partition coefficient (Wildman–Crippen LogP) is 4.15. The van der Waals surface area contributed by atoms with Gasteiger partial charge in [-0.05, 0) is 44.4 Å². The van der Waals surface area contributed by atoms with Crippen LogP contribution in [0.2, 0.25) is 0 Å². The van der Waals surface area contributed by atoms with Crippen molar-refractivity contribution in [2.45, 2.75) is 26.2 Å². The molecule has 1 N–H and O–H groups in total. The second-order valence-electron chi connectivity index (χ2n) is 6.23. The molecule has 6 nitrogen and oxygen atoms in total. The van der Waals surface area contributed by atoms with E-state index in [0.29, 0.717) is 11.1 Å². The minimum atomic E-state index is -0.464. The molecule has 0 aromatic heterocycles. The third-order valence-corrected chi connectivity index (χ3v) is 4.60. The summed E-state index contributed by atoms with van der Waals surface area (Å²) >= 11 is 0. The van der Waals surface area contributed by atoms with Gasteiger partial charge in [0.25, 0.3) is 11.6 Å². The minimum Gasteiger partial charge on any atom is -0.370 e. The second-order valence-corrected chi connectivity index (χ2v) is 6.23. The number of nitrogens with zero attached hydrogens (tertiary/aromatic N) is 2. The Balaban J connectivity index is 1.87. The standard InChI is InChI=1S/C19H21N3O3/c1-14-15(8-7-11-17(14)22(24)25)19(23)20-16-9-3-4-10-18(16)21-12-5-2-6-13-21/h3-4,7-11H,2,5-6,12-13H2,1H3,(H,20,23). The number of nitro benzene ring substituents is 1. The van der Waals surface area contributed by atoms with Crippen LogP contribution in [0.3, 0.4) is 0 Å². The highest BCUT2D eigenvalue weighted by molar-refractivity contribution is 6.07. The monoisotopic (exact) mass is 339 g/mol. The lowest BCUT2D eigenvalue weighted by Crippen LogP contribution is -2.30. The summed E-state index contributed by atoms with van der Waals surface area (Å²) in [4.78, 5) is 25.6. The number of amides is 1. The molecule has 2 aromatic carbocycles. The molecule has 1 fully saturated rings. The summed E-state index contributed by atoms with van der Waals surface area (Å²) in [6, 6.07) is 12.3. The summed E-state index contributed by atoms with van der Waals surface area (Å²) in [5.74, 6) is -0.328. The van der Waals surface area contributed by atoms with Crippen LogP contribution in [0.1, 0.15) is 35.2 Å². The average molecular weight is 339 g/mol. The Morgan fingerprint density at radius 3 is 2.52 bits per heavy atom. The van der Waals surface area contributed by atoms with Crippen LogP contribution in [0.15, 0.2) is 42.5 Å². The molecule has 6 heteroatoms. The van der Waals surface area contributed by atoms with Crippen LogP contribution in [0.5, 0.6) is 0 Å². The SMILES string of the molecule is Cc1c(C(=O)Nc2ccccc2N2CCCCC2)cccc1[N+](=O)[O-]. The normalized spacial score (nSPS) is 14.2. The van der Waals surface area contributed by atoms with Crippen molar-refractivity contribution in [3.63, 3.8) is 0 Å². The largest absolute Gasteiger partial charge is 0.370 e. The van der Waals surface area contributed by atoms with Crippen molar-refractivity contribution >= 4 is 23.0 Å². The van der Waals surface area contributed by atoms with E-state index in [0.717, 1.165) is 37.3 Å². The number of benzene rings is 2. The first-order valence-corrected chi connectivity index (χ1v) is 8.47. The number of para-hydroxylation sites is 2. The highest BCUT2D eigenvalue weighted by Crippen LogP contribution is 2.29. The van der Waals surface area contributed by atoms with E-state index in [2.05, 4.69) is 10.2 Å². The first-order valence-electron chi connectivity index (χ1n) is 8.47. The van der Waals surface area contributed by atoms with Gasteiger partial charge in [0, 0.05) is 30.3 Å². The Labute approximate surface area is 146 Å². The maximum absolute atomic E-state index is 12.7. The van der Waals surface area contributed by atoms with Gasteiger partial charge >= 0.3 is 0 Å². The van der Waals surface area contributed by atoms with Crippen LogP contribution in [0, 0.1) is 17.0 Å². The fourth-order valence-corrected chi connectivity index (χ4v) is 3.25. The molecule has 130 valence electrons. The number of carbonyl (C=O) groups excluding carboxylic acids is 1. The molecule has 1 amide bonds. The van der Waals surface area contributed by atoms with Crippen molar-refractivity contribution < 1.29 is 9.72 Å². The number of piperidine rings is 1. The van der Waals surface area contributed by atoms with Crippen molar-refractivity contribution in [1.29, 1.82) is 0 Å². The summed E-state index contributed by atoms with van der Waals surface area (Å²) in [6.07, 6.45) is 3.52. The summed E-state index contributed by atoms with van der Waals surface area (Å²) in [5.41, 5.74) is 2.39. The highest BCUT2D eigenvalue weighted by Gasteiger charge is 2.20. The zero-order valence-electron chi connectivity index (χ0n) is 14.2. The molecule has 1 saturated heterocycles. The zero-order chi connectivity index (χ0) is 17.8.